The van der Waals surface area contributed by atoms with Crippen molar-refractivity contribution in [3.05, 3.63) is 29.6 Å². The molecule has 0 aliphatic heterocycles. The number of aliphatic carboxylic acids is 1. The Morgan fingerprint density at radius 2 is 1.95 bits per heavy atom. The van der Waals surface area contributed by atoms with Crippen molar-refractivity contribution in [2.75, 3.05) is 5.32 Å². The zero-order chi connectivity index (χ0) is 16.0. The minimum atomic E-state index is -1.43. The number of carboxylic acid groups (broad SMARTS) is 1. The van der Waals surface area contributed by atoms with Crippen molar-refractivity contribution in [3.8, 4) is 0 Å². The molecule has 2 amide bonds. The van der Waals surface area contributed by atoms with Gasteiger partial charge in [0.15, 0.2) is 11.6 Å². The third-order valence-electron chi connectivity index (χ3n) is 2.63. The van der Waals surface area contributed by atoms with Crippen LogP contribution in [0, 0.1) is 17.5 Å². The van der Waals surface area contributed by atoms with Crippen LogP contribution < -0.4 is 10.6 Å². The van der Waals surface area contributed by atoms with Crippen LogP contribution in [-0.4, -0.2) is 23.1 Å². The van der Waals surface area contributed by atoms with Crippen LogP contribution in [-0.2, 0) is 4.79 Å². The number of benzene rings is 1. The van der Waals surface area contributed by atoms with Gasteiger partial charge in [-0.1, -0.05) is 13.3 Å². The number of rotatable bonds is 6. The molecule has 0 heterocycles. The van der Waals surface area contributed by atoms with Crippen LogP contribution in [0.15, 0.2) is 12.1 Å². The van der Waals surface area contributed by atoms with Crippen LogP contribution >= 0.6 is 0 Å². The number of carboxylic acids is 1. The maximum atomic E-state index is 13.4. The lowest BCUT2D eigenvalue weighted by Crippen LogP contribution is -2.39. The number of carbonyl (C=O) groups excluding carboxylic acids is 1. The van der Waals surface area contributed by atoms with E-state index in [0.717, 1.165) is 0 Å². The standard InChI is InChI=1S/C13H15F3N2O3/c1-2-3-8(6-11(19)20)17-13(21)18-10-5-7(14)4-9(15)12(10)16/h4-5,8H,2-3,6H2,1H3,(H,19,20)(H2,17,18,21). The minimum absolute atomic E-state index is 0.304. The summed E-state index contributed by atoms with van der Waals surface area (Å²) < 4.78 is 39.3. The van der Waals surface area contributed by atoms with Gasteiger partial charge in [0.2, 0.25) is 0 Å². The lowest BCUT2D eigenvalue weighted by Gasteiger charge is -2.17. The van der Waals surface area contributed by atoms with Crippen LogP contribution in [0.25, 0.3) is 0 Å². The number of halogens is 3. The van der Waals surface area contributed by atoms with E-state index in [1.54, 1.807) is 6.92 Å². The van der Waals surface area contributed by atoms with Gasteiger partial charge in [-0.15, -0.1) is 0 Å². The number of amides is 2. The number of hydrogen-bond acceptors (Lipinski definition) is 2. The Kier molecular flexibility index (Phi) is 6.01. The molecule has 21 heavy (non-hydrogen) atoms. The first kappa shape index (κ1) is 16.8. The normalized spacial score (nSPS) is 11.8. The SMILES string of the molecule is CCCC(CC(=O)O)NC(=O)Nc1cc(F)cc(F)c1F. The third-order valence-corrected chi connectivity index (χ3v) is 2.63. The summed E-state index contributed by atoms with van der Waals surface area (Å²) in [5, 5.41) is 13.0. The second-order valence-corrected chi connectivity index (χ2v) is 4.43. The lowest BCUT2D eigenvalue weighted by molar-refractivity contribution is -0.137. The molecule has 0 aliphatic rings. The predicted molar refractivity (Wildman–Crippen MR) is 69.4 cm³/mol. The summed E-state index contributed by atoms with van der Waals surface area (Å²) in [6.07, 6.45) is 0.724. The first-order chi connectivity index (χ1) is 9.83. The molecule has 8 heteroatoms. The van der Waals surface area contributed by atoms with Gasteiger partial charge in [-0.2, -0.15) is 0 Å². The van der Waals surface area contributed by atoms with E-state index in [-0.39, 0.29) is 6.42 Å². The molecule has 0 radical (unpaired) electrons. The molecule has 0 bridgehead atoms. The van der Waals surface area contributed by atoms with Crippen LogP contribution in [0.5, 0.6) is 0 Å². The highest BCUT2D eigenvalue weighted by atomic mass is 19.2. The Balaban J connectivity index is 2.74. The highest BCUT2D eigenvalue weighted by molar-refractivity contribution is 5.89. The fourth-order valence-electron chi connectivity index (χ4n) is 1.78. The number of anilines is 1. The fourth-order valence-corrected chi connectivity index (χ4v) is 1.78. The van der Waals surface area contributed by atoms with Crippen molar-refractivity contribution >= 4 is 17.7 Å². The van der Waals surface area contributed by atoms with E-state index >= 15 is 0 Å². The molecular formula is C13H15F3N2O3. The Bertz CT molecular complexity index is 538. The van der Waals surface area contributed by atoms with E-state index in [0.29, 0.717) is 25.0 Å². The van der Waals surface area contributed by atoms with Gasteiger partial charge in [-0.05, 0) is 6.42 Å². The van der Waals surface area contributed by atoms with Crippen molar-refractivity contribution in [2.45, 2.75) is 32.2 Å². The summed E-state index contributed by atoms with van der Waals surface area (Å²) in [5.41, 5.74) is -0.657. The largest absolute Gasteiger partial charge is 0.481 e. The molecule has 3 N–H and O–H groups in total. The summed E-state index contributed by atoms with van der Waals surface area (Å²) in [6, 6.07) is -0.611. The minimum Gasteiger partial charge on any atom is -0.481 e. The Labute approximate surface area is 119 Å². The molecule has 0 spiro atoms. The van der Waals surface area contributed by atoms with E-state index in [1.807, 2.05) is 5.32 Å². The highest BCUT2D eigenvalue weighted by Crippen LogP contribution is 2.19. The van der Waals surface area contributed by atoms with Crippen molar-refractivity contribution in [2.24, 2.45) is 0 Å². The molecule has 0 saturated carbocycles. The second kappa shape index (κ2) is 7.51. The molecule has 0 aliphatic carbocycles. The molecule has 0 fully saturated rings. The number of nitrogens with one attached hydrogen (secondary N) is 2. The average molecular weight is 304 g/mol. The van der Waals surface area contributed by atoms with Gasteiger partial charge >= 0.3 is 12.0 Å². The molecule has 0 saturated heterocycles. The molecule has 5 nitrogen and oxygen atoms in total. The van der Waals surface area contributed by atoms with E-state index in [2.05, 4.69) is 5.32 Å². The van der Waals surface area contributed by atoms with E-state index < -0.39 is 41.2 Å². The van der Waals surface area contributed by atoms with Gasteiger partial charge in [0.25, 0.3) is 0 Å². The lowest BCUT2D eigenvalue weighted by atomic mass is 10.1. The van der Waals surface area contributed by atoms with Gasteiger partial charge in [-0.3, -0.25) is 4.79 Å². The predicted octanol–water partition coefficient (Wildman–Crippen LogP) is 2.87. The molecule has 1 aromatic carbocycles. The summed E-state index contributed by atoms with van der Waals surface area (Å²) in [5.74, 6) is -4.96. The Morgan fingerprint density at radius 3 is 2.52 bits per heavy atom. The van der Waals surface area contributed by atoms with Crippen molar-refractivity contribution in [1.29, 1.82) is 0 Å². The number of urea groups is 1. The zero-order valence-corrected chi connectivity index (χ0v) is 11.3. The quantitative estimate of drug-likeness (QED) is 0.707. The average Bonchev–Trinajstić information content (AvgIpc) is 2.34. The van der Waals surface area contributed by atoms with Crippen LogP contribution in [0.1, 0.15) is 26.2 Å². The van der Waals surface area contributed by atoms with E-state index in [1.165, 1.54) is 0 Å². The van der Waals surface area contributed by atoms with Crippen molar-refractivity contribution < 1.29 is 27.9 Å². The third kappa shape index (κ3) is 5.33. The van der Waals surface area contributed by atoms with E-state index in [9.17, 15) is 22.8 Å². The summed E-state index contributed by atoms with van der Waals surface area (Å²) in [4.78, 5) is 22.3. The van der Waals surface area contributed by atoms with Gasteiger partial charge in [0.05, 0.1) is 12.1 Å². The maximum Gasteiger partial charge on any atom is 0.319 e. The second-order valence-electron chi connectivity index (χ2n) is 4.43. The molecule has 0 aromatic heterocycles. The molecule has 1 rings (SSSR count). The summed E-state index contributed by atoms with van der Waals surface area (Å²) in [6.45, 7) is 1.80. The monoisotopic (exact) mass is 304 g/mol. The maximum absolute atomic E-state index is 13.4. The van der Waals surface area contributed by atoms with Gasteiger partial charge < -0.3 is 15.7 Å². The Hall–Kier alpha value is -2.25. The molecule has 1 aromatic rings. The van der Waals surface area contributed by atoms with Gasteiger partial charge in [-0.25, -0.2) is 18.0 Å². The topological polar surface area (TPSA) is 78.4 Å². The first-order valence-corrected chi connectivity index (χ1v) is 6.27. The molecule has 1 unspecified atom stereocenters. The Morgan fingerprint density at radius 1 is 1.29 bits per heavy atom. The fraction of sp³-hybridized carbons (Fsp3) is 0.385. The van der Waals surface area contributed by atoms with E-state index in [4.69, 9.17) is 5.11 Å². The number of hydrogen-bond donors (Lipinski definition) is 3. The number of carbonyl (C=O) groups is 2. The van der Waals surface area contributed by atoms with Crippen LogP contribution in [0.3, 0.4) is 0 Å². The molecule has 116 valence electrons. The van der Waals surface area contributed by atoms with Gasteiger partial charge in [0, 0.05) is 18.2 Å². The summed E-state index contributed by atoms with van der Waals surface area (Å²) >= 11 is 0. The van der Waals surface area contributed by atoms with Crippen molar-refractivity contribution in [3.63, 3.8) is 0 Å². The van der Waals surface area contributed by atoms with Crippen LogP contribution in [0.2, 0.25) is 0 Å². The molecular weight excluding hydrogens is 289 g/mol. The van der Waals surface area contributed by atoms with Crippen LogP contribution in [0.4, 0.5) is 23.7 Å². The summed E-state index contributed by atoms with van der Waals surface area (Å²) in [7, 11) is 0. The van der Waals surface area contributed by atoms with Gasteiger partial charge in [0.1, 0.15) is 5.82 Å². The first-order valence-electron chi connectivity index (χ1n) is 6.27. The van der Waals surface area contributed by atoms with Crippen molar-refractivity contribution in [1.82, 2.24) is 5.32 Å². The highest BCUT2D eigenvalue weighted by Gasteiger charge is 2.17. The zero-order valence-electron chi connectivity index (χ0n) is 11.3. The smallest absolute Gasteiger partial charge is 0.319 e. The molecule has 1 atom stereocenters.